The van der Waals surface area contributed by atoms with Gasteiger partial charge in [0.25, 0.3) is 5.91 Å². The van der Waals surface area contributed by atoms with Crippen LogP contribution in [-0.2, 0) is 5.54 Å². The van der Waals surface area contributed by atoms with Gasteiger partial charge in [0, 0.05) is 17.3 Å². The minimum Gasteiger partial charge on any atom is -0.394 e. The fraction of sp³-hybridized carbons (Fsp3) is 0.529. The number of aliphatic hydroxyl groups is 1. The molecule has 2 heterocycles. The Balaban J connectivity index is 2.49. The number of nitrogens with zero attached hydrogens (tertiary/aromatic N) is 5. The van der Waals surface area contributed by atoms with E-state index in [1.807, 2.05) is 40.8 Å². The van der Waals surface area contributed by atoms with Crippen molar-refractivity contribution in [2.45, 2.75) is 47.1 Å². The van der Waals surface area contributed by atoms with E-state index >= 15 is 0 Å². The topological polar surface area (TPSA) is 85.8 Å². The summed E-state index contributed by atoms with van der Waals surface area (Å²) in [6.07, 6.45) is 4.95. The van der Waals surface area contributed by atoms with E-state index in [1.165, 1.54) is 11.0 Å². The Morgan fingerprint density at radius 2 is 2.00 bits per heavy atom. The maximum atomic E-state index is 12.9. The number of carbonyl (C=O) groups is 1. The van der Waals surface area contributed by atoms with Gasteiger partial charge in [0.2, 0.25) is 0 Å². The first-order valence-corrected chi connectivity index (χ1v) is 7.97. The zero-order valence-corrected chi connectivity index (χ0v) is 15.1. The molecule has 0 saturated heterocycles. The van der Waals surface area contributed by atoms with E-state index in [0.29, 0.717) is 11.4 Å². The van der Waals surface area contributed by atoms with E-state index in [0.717, 1.165) is 11.1 Å². The van der Waals surface area contributed by atoms with Crippen LogP contribution >= 0.6 is 0 Å². The molecule has 7 nitrogen and oxygen atoms in total. The maximum absolute atomic E-state index is 12.9. The predicted molar refractivity (Wildman–Crippen MR) is 91.5 cm³/mol. The van der Waals surface area contributed by atoms with E-state index < -0.39 is 5.54 Å². The van der Waals surface area contributed by atoms with Crippen LogP contribution in [-0.4, -0.2) is 42.2 Å². The van der Waals surface area contributed by atoms with Crippen LogP contribution in [0.2, 0.25) is 0 Å². The zero-order valence-electron chi connectivity index (χ0n) is 15.1. The summed E-state index contributed by atoms with van der Waals surface area (Å²) in [6.45, 7) is 11.4. The Hall–Kier alpha value is -2.28. The van der Waals surface area contributed by atoms with Crippen molar-refractivity contribution in [1.29, 1.82) is 0 Å². The molecule has 1 N–H and O–H groups in total. The number of hydrogen-bond donors (Lipinski definition) is 1. The van der Waals surface area contributed by atoms with E-state index in [9.17, 15) is 9.90 Å². The van der Waals surface area contributed by atoms with Gasteiger partial charge in [-0.05, 0) is 39.2 Å². The molecular weight excluding hydrogens is 306 g/mol. The van der Waals surface area contributed by atoms with Crippen molar-refractivity contribution in [2.24, 2.45) is 5.92 Å². The Bertz CT molecular complexity index is 768. The molecule has 2 aromatic heterocycles. The van der Waals surface area contributed by atoms with Crippen molar-refractivity contribution >= 4 is 11.5 Å². The van der Waals surface area contributed by atoms with Crippen LogP contribution in [0.3, 0.4) is 0 Å². The zero-order chi connectivity index (χ0) is 18.1. The molecule has 0 aliphatic heterocycles. The first-order valence-electron chi connectivity index (χ1n) is 7.97. The fourth-order valence-electron chi connectivity index (χ4n) is 2.53. The minimum atomic E-state index is -0.497. The molecule has 0 aliphatic rings. The van der Waals surface area contributed by atoms with Crippen molar-refractivity contribution in [3.63, 3.8) is 0 Å². The number of carbonyl (C=O) groups excluding carboxylic acids is 1. The summed E-state index contributed by atoms with van der Waals surface area (Å²) in [5, 5.41) is 17.8. The largest absolute Gasteiger partial charge is 0.394 e. The average Bonchev–Trinajstić information content (AvgIpc) is 3.15. The second kappa shape index (κ2) is 6.68. The van der Waals surface area contributed by atoms with E-state index in [1.54, 1.807) is 17.8 Å². The third-order valence-electron chi connectivity index (χ3n) is 4.15. The molecule has 7 heteroatoms. The highest BCUT2D eigenvalue weighted by atomic mass is 16.3. The van der Waals surface area contributed by atoms with Gasteiger partial charge in [0.05, 0.1) is 18.3 Å². The summed E-state index contributed by atoms with van der Waals surface area (Å²) >= 11 is 0. The van der Waals surface area contributed by atoms with Crippen molar-refractivity contribution in [1.82, 2.24) is 24.5 Å². The van der Waals surface area contributed by atoms with Crippen molar-refractivity contribution in [3.05, 3.63) is 35.7 Å². The van der Waals surface area contributed by atoms with Gasteiger partial charge in [0.15, 0.2) is 0 Å². The van der Waals surface area contributed by atoms with E-state index in [2.05, 4.69) is 15.2 Å². The first kappa shape index (κ1) is 18.1. The summed E-state index contributed by atoms with van der Waals surface area (Å²) in [4.78, 5) is 16.9. The smallest absolute Gasteiger partial charge is 0.276 e. The quantitative estimate of drug-likeness (QED) is 0.850. The number of rotatable bonds is 5. The highest BCUT2D eigenvalue weighted by molar-refractivity contribution is 6.02. The summed E-state index contributed by atoms with van der Waals surface area (Å²) < 4.78 is 3.04. The van der Waals surface area contributed by atoms with Gasteiger partial charge >= 0.3 is 0 Å². The van der Waals surface area contributed by atoms with Crippen LogP contribution in [0.4, 0.5) is 0 Å². The number of hydrogen-bond acceptors (Lipinski definition) is 5. The Morgan fingerprint density at radius 3 is 2.50 bits per heavy atom. The molecule has 2 rings (SSSR count). The van der Waals surface area contributed by atoms with Crippen LogP contribution in [0.15, 0.2) is 24.3 Å². The van der Waals surface area contributed by atoms with E-state index in [4.69, 9.17) is 0 Å². The number of allylic oxidation sites excluding steroid dienone is 2. The van der Waals surface area contributed by atoms with Gasteiger partial charge in [-0.25, -0.2) is 4.98 Å². The molecule has 0 radical (unpaired) electrons. The summed E-state index contributed by atoms with van der Waals surface area (Å²) in [7, 11) is 0. The van der Waals surface area contributed by atoms with Gasteiger partial charge in [-0.3, -0.25) is 9.48 Å². The molecule has 0 saturated carbocycles. The van der Waals surface area contributed by atoms with Crippen LogP contribution in [0, 0.1) is 12.8 Å². The predicted octanol–water partition coefficient (Wildman–Crippen LogP) is 2.28. The molecule has 0 aromatic carbocycles. The van der Waals surface area contributed by atoms with Crippen molar-refractivity contribution in [3.8, 4) is 0 Å². The molecule has 0 fully saturated rings. The number of aromatic nitrogens is 5. The van der Waals surface area contributed by atoms with E-state index in [-0.39, 0.29) is 18.4 Å². The number of aliphatic hydroxyl groups excluding tert-OH is 1. The summed E-state index contributed by atoms with van der Waals surface area (Å²) in [5.74, 6) is 0.407. The third-order valence-corrected chi connectivity index (χ3v) is 4.15. The molecule has 2 aromatic rings. The van der Waals surface area contributed by atoms with Crippen LogP contribution < -0.4 is 0 Å². The normalized spacial score (nSPS) is 13.3. The fourth-order valence-corrected chi connectivity index (χ4v) is 2.53. The molecule has 0 atom stereocenters. The third kappa shape index (κ3) is 3.31. The standard InChI is InChI=1S/C17H25N5O2/c1-11(2)15(16(24)22-13(4)18-10-20-22)12(3)14-7-19-21(8-14)17(5,6)9-23/h7-8,10-11,23H,9H2,1-6H3/b15-12+. The maximum Gasteiger partial charge on any atom is 0.276 e. The van der Waals surface area contributed by atoms with Crippen LogP contribution in [0.25, 0.3) is 5.57 Å². The first-order chi connectivity index (χ1) is 11.2. The SMILES string of the molecule is C/C(=C(\C(=O)n1ncnc1C)C(C)C)c1cnn(C(C)(C)CO)c1. The lowest BCUT2D eigenvalue weighted by molar-refractivity contribution is 0.0928. The van der Waals surface area contributed by atoms with Gasteiger partial charge in [0.1, 0.15) is 12.2 Å². The molecular formula is C17H25N5O2. The van der Waals surface area contributed by atoms with Crippen molar-refractivity contribution in [2.75, 3.05) is 6.61 Å². The molecule has 24 heavy (non-hydrogen) atoms. The van der Waals surface area contributed by atoms with Gasteiger partial charge < -0.3 is 5.11 Å². The lowest BCUT2D eigenvalue weighted by atomic mass is 9.94. The van der Waals surface area contributed by atoms with Crippen molar-refractivity contribution < 1.29 is 9.90 Å². The van der Waals surface area contributed by atoms with Crippen LogP contribution in [0.1, 0.15) is 50.8 Å². The number of aryl methyl sites for hydroxylation is 1. The molecule has 0 spiro atoms. The lowest BCUT2D eigenvalue weighted by Crippen LogP contribution is -2.30. The second-order valence-corrected chi connectivity index (χ2v) is 6.86. The highest BCUT2D eigenvalue weighted by Crippen LogP contribution is 2.26. The molecule has 0 bridgehead atoms. The average molecular weight is 331 g/mol. The second-order valence-electron chi connectivity index (χ2n) is 6.86. The highest BCUT2D eigenvalue weighted by Gasteiger charge is 2.24. The van der Waals surface area contributed by atoms with Crippen LogP contribution in [0.5, 0.6) is 0 Å². The molecule has 130 valence electrons. The Morgan fingerprint density at radius 1 is 1.33 bits per heavy atom. The van der Waals surface area contributed by atoms with Gasteiger partial charge in [-0.15, -0.1) is 0 Å². The summed E-state index contributed by atoms with van der Waals surface area (Å²) in [6, 6.07) is 0. The molecule has 0 aliphatic carbocycles. The minimum absolute atomic E-state index is 0.0228. The lowest BCUT2D eigenvalue weighted by Gasteiger charge is -2.22. The summed E-state index contributed by atoms with van der Waals surface area (Å²) in [5.41, 5.74) is 1.88. The Labute approximate surface area is 142 Å². The van der Waals surface area contributed by atoms with Gasteiger partial charge in [-0.1, -0.05) is 13.8 Å². The Kier molecular flexibility index (Phi) is 5.03. The molecule has 0 unspecified atom stereocenters. The van der Waals surface area contributed by atoms with Gasteiger partial charge in [-0.2, -0.15) is 14.9 Å². The monoisotopic (exact) mass is 331 g/mol. The molecule has 0 amide bonds.